The van der Waals surface area contributed by atoms with Gasteiger partial charge in [-0.1, -0.05) is 24.3 Å². The molecule has 2 N–H and O–H groups in total. The normalized spacial score (nSPS) is 22.6. The smallest absolute Gasteiger partial charge is 0.256 e. The average Bonchev–Trinajstić information content (AvgIpc) is 3.10. The van der Waals surface area contributed by atoms with Crippen LogP contribution in [0.5, 0.6) is 0 Å². The number of aliphatic hydroxyl groups is 1. The van der Waals surface area contributed by atoms with Gasteiger partial charge >= 0.3 is 0 Å². The molecule has 1 aliphatic carbocycles. The second-order valence-corrected chi connectivity index (χ2v) is 12.9. The Balaban J connectivity index is 0.00000353. The van der Waals surface area contributed by atoms with Crippen molar-refractivity contribution in [2.45, 2.75) is 63.8 Å². The zero-order valence-corrected chi connectivity index (χ0v) is 26.0. The van der Waals surface area contributed by atoms with Gasteiger partial charge in [0.15, 0.2) is 0 Å². The van der Waals surface area contributed by atoms with Gasteiger partial charge in [-0.05, 0) is 87.9 Å². The predicted molar refractivity (Wildman–Crippen MR) is 169 cm³/mol. The van der Waals surface area contributed by atoms with E-state index in [-0.39, 0.29) is 36.8 Å². The fourth-order valence-corrected chi connectivity index (χ4v) is 7.43. The third kappa shape index (κ3) is 5.91. The van der Waals surface area contributed by atoms with Crippen molar-refractivity contribution in [3.8, 4) is 0 Å². The van der Waals surface area contributed by atoms with Crippen molar-refractivity contribution in [1.29, 1.82) is 0 Å². The first kappa shape index (κ1) is 30.8. The van der Waals surface area contributed by atoms with Crippen LogP contribution in [-0.4, -0.2) is 103 Å². The van der Waals surface area contributed by atoms with E-state index < -0.39 is 6.10 Å². The van der Waals surface area contributed by atoms with Crippen LogP contribution >= 0.6 is 12.4 Å². The average molecular weight is 596 g/mol. The molecule has 1 saturated heterocycles. The maximum absolute atomic E-state index is 13.8. The van der Waals surface area contributed by atoms with Crippen molar-refractivity contribution >= 4 is 29.9 Å². The lowest BCUT2D eigenvalue weighted by Gasteiger charge is -2.54. The number of fused-ring (bicyclic) bond motifs is 2. The maximum Gasteiger partial charge on any atom is 0.256 e. The molecule has 3 heterocycles. The number of carbonyl (C=O) groups is 2. The van der Waals surface area contributed by atoms with Gasteiger partial charge in [0.25, 0.3) is 11.8 Å². The van der Waals surface area contributed by atoms with Gasteiger partial charge in [0.2, 0.25) is 0 Å². The third-order valence-corrected chi connectivity index (χ3v) is 10.3. The van der Waals surface area contributed by atoms with Crippen molar-refractivity contribution in [3.05, 3.63) is 64.7 Å². The molecule has 4 aliphatic rings. The van der Waals surface area contributed by atoms with E-state index in [4.69, 9.17) is 0 Å². The Hall–Kier alpha value is -2.65. The molecule has 228 valence electrons. The Morgan fingerprint density at radius 3 is 2.43 bits per heavy atom. The zero-order chi connectivity index (χ0) is 28.7. The van der Waals surface area contributed by atoms with Gasteiger partial charge in [-0.2, -0.15) is 0 Å². The number of hydrogen-bond donors (Lipinski definition) is 2. The first-order chi connectivity index (χ1) is 19.8. The van der Waals surface area contributed by atoms with E-state index in [1.807, 2.05) is 35.2 Å². The number of aliphatic hydroxyl groups excluding tert-OH is 1. The van der Waals surface area contributed by atoms with Crippen molar-refractivity contribution in [2.75, 3.05) is 58.3 Å². The summed E-state index contributed by atoms with van der Waals surface area (Å²) in [5.74, 6) is -0.0135. The Morgan fingerprint density at radius 2 is 1.74 bits per heavy atom. The van der Waals surface area contributed by atoms with Crippen LogP contribution in [0.3, 0.4) is 0 Å². The molecule has 2 atom stereocenters. The minimum Gasteiger partial charge on any atom is -0.390 e. The largest absolute Gasteiger partial charge is 0.390 e. The fourth-order valence-electron chi connectivity index (χ4n) is 7.43. The van der Waals surface area contributed by atoms with E-state index >= 15 is 0 Å². The van der Waals surface area contributed by atoms with E-state index in [0.29, 0.717) is 35.7 Å². The molecule has 2 aromatic rings. The number of likely N-dealkylation sites (N-methyl/N-ethyl adjacent to an activating group) is 1. The Morgan fingerprint density at radius 1 is 1.05 bits per heavy atom. The Kier molecular flexibility index (Phi) is 9.19. The predicted octanol–water partition coefficient (Wildman–Crippen LogP) is 3.41. The van der Waals surface area contributed by atoms with Crippen molar-refractivity contribution in [2.24, 2.45) is 5.41 Å². The van der Waals surface area contributed by atoms with E-state index in [1.165, 1.54) is 24.0 Å². The molecule has 1 unspecified atom stereocenters. The maximum atomic E-state index is 13.8. The van der Waals surface area contributed by atoms with Crippen LogP contribution in [0.25, 0.3) is 0 Å². The van der Waals surface area contributed by atoms with Crippen LogP contribution in [0.4, 0.5) is 5.69 Å². The third-order valence-electron chi connectivity index (χ3n) is 10.3. The van der Waals surface area contributed by atoms with E-state index in [9.17, 15) is 14.7 Å². The lowest BCUT2D eigenvalue weighted by Crippen LogP contribution is -2.54. The number of rotatable bonds is 6. The number of β-amino-alcohol motifs (C(OH)–C–C–N with tert-alkyl or cyclic N) is 1. The minimum atomic E-state index is -0.671. The molecule has 8 nitrogen and oxygen atoms in total. The number of likely N-dealkylation sites (tertiary alicyclic amines) is 1. The first-order valence-corrected chi connectivity index (χ1v) is 15.4. The van der Waals surface area contributed by atoms with Crippen LogP contribution < -0.4 is 10.2 Å². The van der Waals surface area contributed by atoms with Gasteiger partial charge in [-0.15, -0.1) is 12.4 Å². The molecule has 2 aromatic carbocycles. The lowest BCUT2D eigenvalue weighted by molar-refractivity contribution is -0.0231. The van der Waals surface area contributed by atoms with Gasteiger partial charge < -0.3 is 30.0 Å². The molecular formula is C33H46ClN5O3. The van der Waals surface area contributed by atoms with Crippen LogP contribution in [0.15, 0.2) is 42.5 Å². The second kappa shape index (κ2) is 12.5. The number of amides is 2. The minimum absolute atomic E-state index is 0. The molecule has 3 aliphatic heterocycles. The summed E-state index contributed by atoms with van der Waals surface area (Å²) in [5.41, 5.74) is 5.03. The van der Waals surface area contributed by atoms with Gasteiger partial charge in [-0.3, -0.25) is 9.59 Å². The number of carbonyl (C=O) groups excluding carboxylic acids is 2. The van der Waals surface area contributed by atoms with Crippen molar-refractivity contribution in [1.82, 2.24) is 20.0 Å². The summed E-state index contributed by atoms with van der Waals surface area (Å²) in [6.45, 7) is 6.64. The monoisotopic (exact) mass is 595 g/mol. The Bertz CT molecular complexity index is 1290. The van der Waals surface area contributed by atoms with Crippen LogP contribution in [0, 0.1) is 5.41 Å². The van der Waals surface area contributed by atoms with Crippen LogP contribution in [0.2, 0.25) is 0 Å². The molecule has 0 bridgehead atoms. The van der Waals surface area contributed by atoms with E-state index in [1.54, 1.807) is 4.90 Å². The highest BCUT2D eigenvalue weighted by Crippen LogP contribution is 2.50. The standard InChI is InChI=1S/C33H45N5O3.ClH/c1-4-36-15-16-38(22-30(39)28-17-23-7-5-6-8-25(23)21-34-28)32(41)27-10-9-24(18-29(27)36)31(40)37-13-11-33(12-14-37)19-26(20-33)35(2)3;/h5-10,18,26,28,30,34,39H,4,11-17,19-22H2,1-3H3;1H/t28-,30?;/m0./s1. The molecule has 9 heteroatoms. The van der Waals surface area contributed by atoms with Gasteiger partial charge in [0, 0.05) is 63.5 Å². The fraction of sp³-hybridized carbons (Fsp3) is 0.576. The van der Waals surface area contributed by atoms with Gasteiger partial charge in [-0.25, -0.2) is 0 Å². The lowest BCUT2D eigenvalue weighted by atomic mass is 9.60. The topological polar surface area (TPSA) is 79.4 Å². The number of halogens is 1. The molecule has 2 fully saturated rings. The van der Waals surface area contributed by atoms with E-state index in [2.05, 4.69) is 48.3 Å². The van der Waals surface area contributed by atoms with E-state index in [0.717, 1.165) is 51.1 Å². The molecule has 0 radical (unpaired) electrons. The number of piperidine rings is 1. The molecular weight excluding hydrogens is 550 g/mol. The van der Waals surface area contributed by atoms with Gasteiger partial charge in [0.05, 0.1) is 17.4 Å². The van der Waals surface area contributed by atoms with Gasteiger partial charge in [0.1, 0.15) is 0 Å². The first-order valence-electron chi connectivity index (χ1n) is 15.4. The zero-order valence-electron chi connectivity index (χ0n) is 25.2. The SMILES string of the molecule is CCN1CCN(CC(O)[C@@H]2Cc3ccccc3CN2)C(=O)c2ccc(C(=O)N3CCC4(CC3)CC(N(C)C)C4)cc21.Cl. The number of hydrogen-bond acceptors (Lipinski definition) is 6. The highest BCUT2D eigenvalue weighted by atomic mass is 35.5. The summed E-state index contributed by atoms with van der Waals surface area (Å²) in [6, 6.07) is 14.5. The molecule has 42 heavy (non-hydrogen) atoms. The molecule has 2 amide bonds. The quantitative estimate of drug-likeness (QED) is 0.533. The summed E-state index contributed by atoms with van der Waals surface area (Å²) in [7, 11) is 4.32. The molecule has 1 saturated carbocycles. The second-order valence-electron chi connectivity index (χ2n) is 12.9. The summed E-state index contributed by atoms with van der Waals surface area (Å²) in [5, 5.41) is 14.6. The number of benzene rings is 2. The number of nitrogens with zero attached hydrogens (tertiary/aromatic N) is 4. The highest BCUT2D eigenvalue weighted by molar-refractivity contribution is 6.03. The molecule has 0 aromatic heterocycles. The van der Waals surface area contributed by atoms with Crippen LogP contribution in [0.1, 0.15) is 64.4 Å². The number of nitrogens with one attached hydrogen (secondary N) is 1. The summed E-state index contributed by atoms with van der Waals surface area (Å²) in [4.78, 5) is 35.6. The summed E-state index contributed by atoms with van der Waals surface area (Å²) >= 11 is 0. The van der Waals surface area contributed by atoms with Crippen LogP contribution in [-0.2, 0) is 13.0 Å². The summed E-state index contributed by atoms with van der Waals surface area (Å²) in [6.07, 6.45) is 4.71. The van der Waals surface area contributed by atoms with Crippen molar-refractivity contribution < 1.29 is 14.7 Å². The number of anilines is 1. The summed E-state index contributed by atoms with van der Waals surface area (Å²) < 4.78 is 0. The highest BCUT2D eigenvalue weighted by Gasteiger charge is 2.47. The molecule has 1 spiro atoms. The Labute approximate surface area is 256 Å². The molecule has 6 rings (SSSR count). The van der Waals surface area contributed by atoms with Crippen molar-refractivity contribution in [3.63, 3.8) is 0 Å².